The molecule has 10 heteroatoms. The first-order chi connectivity index (χ1) is 15.9. The third-order valence-electron chi connectivity index (χ3n) is 5.68. The van der Waals surface area contributed by atoms with Crippen molar-refractivity contribution < 1.29 is 8.42 Å². The molecular formula is C23H25N7O2S. The summed E-state index contributed by atoms with van der Waals surface area (Å²) >= 11 is 0. The Morgan fingerprint density at radius 3 is 2.27 bits per heavy atom. The molecule has 1 fully saturated rings. The maximum absolute atomic E-state index is 11.7. The highest BCUT2D eigenvalue weighted by molar-refractivity contribution is 7.88. The van der Waals surface area contributed by atoms with Gasteiger partial charge in [0.25, 0.3) is 5.78 Å². The highest BCUT2D eigenvalue weighted by Gasteiger charge is 2.23. The molecule has 0 radical (unpaired) electrons. The number of fused-ring (bicyclic) bond motifs is 1. The van der Waals surface area contributed by atoms with Crippen LogP contribution in [-0.4, -0.2) is 64.7 Å². The average molecular weight is 464 g/mol. The van der Waals surface area contributed by atoms with Gasteiger partial charge in [-0.3, -0.25) is 0 Å². The Bertz CT molecular complexity index is 1380. The van der Waals surface area contributed by atoms with Crippen LogP contribution in [0.4, 0.5) is 17.2 Å². The molecule has 1 saturated heterocycles. The summed E-state index contributed by atoms with van der Waals surface area (Å²) < 4.78 is 26.7. The maximum Gasteiger partial charge on any atom is 0.254 e. The number of benzene rings is 2. The Hall–Kier alpha value is -3.50. The van der Waals surface area contributed by atoms with Gasteiger partial charge in [0.2, 0.25) is 10.0 Å². The van der Waals surface area contributed by atoms with E-state index in [0.717, 1.165) is 28.5 Å². The number of sulfonamides is 1. The summed E-state index contributed by atoms with van der Waals surface area (Å²) in [5, 5.41) is 8.08. The number of nitrogens with zero attached hydrogens (tertiary/aromatic N) is 6. The molecule has 4 aromatic rings. The van der Waals surface area contributed by atoms with Gasteiger partial charge in [-0.05, 0) is 31.2 Å². The first-order valence-electron chi connectivity index (χ1n) is 10.7. The van der Waals surface area contributed by atoms with E-state index < -0.39 is 10.0 Å². The minimum absolute atomic E-state index is 0.503. The number of aryl methyl sites for hydroxylation is 1. The van der Waals surface area contributed by atoms with Crippen molar-refractivity contribution in [3.05, 3.63) is 66.4 Å². The van der Waals surface area contributed by atoms with E-state index in [2.05, 4.69) is 25.3 Å². The van der Waals surface area contributed by atoms with Crippen molar-refractivity contribution in [3.63, 3.8) is 0 Å². The van der Waals surface area contributed by atoms with Crippen LogP contribution in [0.25, 0.3) is 17.2 Å². The molecule has 0 spiro atoms. The predicted molar refractivity (Wildman–Crippen MR) is 129 cm³/mol. The van der Waals surface area contributed by atoms with Crippen LogP contribution in [0.5, 0.6) is 0 Å². The van der Waals surface area contributed by atoms with Crippen LogP contribution in [0.15, 0.2) is 60.7 Å². The van der Waals surface area contributed by atoms with Crippen LogP contribution < -0.4 is 10.2 Å². The van der Waals surface area contributed by atoms with Gasteiger partial charge in [-0.25, -0.2) is 13.4 Å². The first kappa shape index (κ1) is 21.4. The molecule has 1 aliphatic heterocycles. The zero-order valence-corrected chi connectivity index (χ0v) is 19.3. The highest BCUT2D eigenvalue weighted by Crippen LogP contribution is 2.24. The lowest BCUT2D eigenvalue weighted by molar-refractivity contribution is 0.388. The third kappa shape index (κ3) is 4.53. The standard InChI is InChI=1S/C23H25N7O2S/c1-17-16-21(30-23(24-17)26-22(27-30)18-6-4-3-5-7-18)25-19-8-10-20(11-9-19)28-12-14-29(15-13-28)33(2,31)32/h3-11,16,25H,12-15H2,1-2H3. The van der Waals surface area contributed by atoms with Crippen LogP contribution in [-0.2, 0) is 10.0 Å². The first-order valence-corrected chi connectivity index (χ1v) is 12.6. The van der Waals surface area contributed by atoms with Crippen molar-refractivity contribution in [1.82, 2.24) is 23.9 Å². The number of nitrogens with one attached hydrogen (secondary N) is 1. The molecule has 0 aliphatic carbocycles. The third-order valence-corrected chi connectivity index (χ3v) is 6.99. The normalized spacial score (nSPS) is 15.2. The molecule has 0 unspecified atom stereocenters. The smallest absolute Gasteiger partial charge is 0.254 e. The van der Waals surface area contributed by atoms with Gasteiger partial charge in [-0.15, -0.1) is 5.10 Å². The second-order valence-electron chi connectivity index (χ2n) is 8.12. The van der Waals surface area contributed by atoms with Crippen LogP contribution in [0.1, 0.15) is 5.69 Å². The molecule has 0 saturated carbocycles. The zero-order chi connectivity index (χ0) is 23.0. The van der Waals surface area contributed by atoms with Gasteiger partial charge in [-0.2, -0.15) is 13.8 Å². The van der Waals surface area contributed by atoms with Crippen molar-refractivity contribution >= 4 is 33.0 Å². The second kappa shape index (κ2) is 8.45. The Morgan fingerprint density at radius 1 is 0.909 bits per heavy atom. The molecule has 1 aliphatic rings. The number of piperazine rings is 1. The fourth-order valence-electron chi connectivity index (χ4n) is 3.97. The molecule has 170 valence electrons. The summed E-state index contributed by atoms with van der Waals surface area (Å²) in [5.74, 6) is 1.94. The van der Waals surface area contributed by atoms with E-state index in [1.807, 2.05) is 67.6 Å². The van der Waals surface area contributed by atoms with E-state index in [0.29, 0.717) is 37.8 Å². The van der Waals surface area contributed by atoms with Gasteiger partial charge in [0.05, 0.1) is 6.26 Å². The minimum Gasteiger partial charge on any atom is -0.369 e. The van der Waals surface area contributed by atoms with Gasteiger partial charge in [0.1, 0.15) is 5.82 Å². The monoisotopic (exact) mass is 463 g/mol. The molecule has 0 bridgehead atoms. The summed E-state index contributed by atoms with van der Waals surface area (Å²) in [6.07, 6.45) is 1.26. The molecule has 9 nitrogen and oxygen atoms in total. The molecule has 0 amide bonds. The van der Waals surface area contributed by atoms with E-state index in [1.165, 1.54) is 10.6 Å². The summed E-state index contributed by atoms with van der Waals surface area (Å²) in [7, 11) is -3.13. The number of rotatable bonds is 5. The lowest BCUT2D eigenvalue weighted by atomic mass is 10.2. The van der Waals surface area contributed by atoms with Crippen LogP contribution in [0, 0.1) is 6.92 Å². The van der Waals surface area contributed by atoms with Crippen molar-refractivity contribution in [2.75, 3.05) is 42.7 Å². The molecule has 2 aromatic heterocycles. The molecule has 0 atom stereocenters. The summed E-state index contributed by atoms with van der Waals surface area (Å²) in [5.41, 5.74) is 3.76. The topological polar surface area (TPSA) is 95.7 Å². The lowest BCUT2D eigenvalue weighted by Gasteiger charge is -2.34. The van der Waals surface area contributed by atoms with E-state index in [4.69, 9.17) is 0 Å². The van der Waals surface area contributed by atoms with Crippen LogP contribution in [0.2, 0.25) is 0 Å². The molecular weight excluding hydrogens is 438 g/mol. The Kier molecular flexibility index (Phi) is 5.47. The summed E-state index contributed by atoms with van der Waals surface area (Å²) in [6.45, 7) is 4.28. The molecule has 2 aromatic carbocycles. The van der Waals surface area contributed by atoms with E-state index in [1.54, 1.807) is 4.52 Å². The fraction of sp³-hybridized carbons (Fsp3) is 0.261. The minimum atomic E-state index is -3.13. The van der Waals surface area contributed by atoms with Crippen molar-refractivity contribution in [3.8, 4) is 11.4 Å². The average Bonchev–Trinajstić information content (AvgIpc) is 3.24. The molecule has 33 heavy (non-hydrogen) atoms. The van der Waals surface area contributed by atoms with E-state index >= 15 is 0 Å². The van der Waals surface area contributed by atoms with Crippen LogP contribution in [0.3, 0.4) is 0 Å². The lowest BCUT2D eigenvalue weighted by Crippen LogP contribution is -2.48. The van der Waals surface area contributed by atoms with Crippen molar-refractivity contribution in [2.45, 2.75) is 6.92 Å². The van der Waals surface area contributed by atoms with Gasteiger partial charge < -0.3 is 10.2 Å². The quantitative estimate of drug-likeness (QED) is 0.486. The van der Waals surface area contributed by atoms with E-state index in [9.17, 15) is 8.42 Å². The van der Waals surface area contributed by atoms with E-state index in [-0.39, 0.29) is 0 Å². The number of aromatic nitrogens is 4. The summed E-state index contributed by atoms with van der Waals surface area (Å²) in [6, 6.07) is 19.9. The highest BCUT2D eigenvalue weighted by atomic mass is 32.2. The number of anilines is 3. The van der Waals surface area contributed by atoms with Gasteiger partial charge in [0.15, 0.2) is 5.82 Å². The largest absolute Gasteiger partial charge is 0.369 e. The van der Waals surface area contributed by atoms with Gasteiger partial charge in [0, 0.05) is 54.9 Å². The Labute approximate surface area is 192 Å². The van der Waals surface area contributed by atoms with Crippen molar-refractivity contribution in [2.24, 2.45) is 0 Å². The molecule has 1 N–H and O–H groups in total. The maximum atomic E-state index is 11.7. The predicted octanol–water partition coefficient (Wildman–Crippen LogP) is 2.92. The SMILES string of the molecule is Cc1cc(Nc2ccc(N3CCN(S(C)(=O)=O)CC3)cc2)n2nc(-c3ccccc3)nc2n1. The molecule has 3 heterocycles. The zero-order valence-electron chi connectivity index (χ0n) is 18.5. The van der Waals surface area contributed by atoms with Gasteiger partial charge >= 0.3 is 0 Å². The van der Waals surface area contributed by atoms with Crippen molar-refractivity contribution in [1.29, 1.82) is 0 Å². The molecule has 5 rings (SSSR count). The fourth-order valence-corrected chi connectivity index (χ4v) is 4.79. The van der Waals surface area contributed by atoms with Crippen LogP contribution >= 0.6 is 0 Å². The second-order valence-corrected chi connectivity index (χ2v) is 10.1. The summed E-state index contributed by atoms with van der Waals surface area (Å²) in [4.78, 5) is 11.3. The number of hydrogen-bond donors (Lipinski definition) is 1. The number of hydrogen-bond acceptors (Lipinski definition) is 7. The van der Waals surface area contributed by atoms with Gasteiger partial charge in [-0.1, -0.05) is 30.3 Å². The Balaban J connectivity index is 1.35. The Morgan fingerprint density at radius 2 is 1.61 bits per heavy atom.